The largest absolute Gasteiger partial charge is 0.301 e. The summed E-state index contributed by atoms with van der Waals surface area (Å²) in [5.74, 6) is -0.993. The summed E-state index contributed by atoms with van der Waals surface area (Å²) < 4.78 is 14.4. The van der Waals surface area contributed by atoms with Crippen molar-refractivity contribution in [3.63, 3.8) is 0 Å². The number of hydrogen-bond donors (Lipinski definition) is 1. The Kier molecular flexibility index (Phi) is 4.48. The van der Waals surface area contributed by atoms with Crippen molar-refractivity contribution in [2.24, 2.45) is 0 Å². The maximum absolute atomic E-state index is 14.4. The topological polar surface area (TPSA) is 42.0 Å². The fourth-order valence-corrected chi connectivity index (χ4v) is 2.83. The molecule has 23 heavy (non-hydrogen) atoms. The second-order valence-electron chi connectivity index (χ2n) is 5.15. The number of aromatic nitrogens is 1. The number of amides is 1. The van der Waals surface area contributed by atoms with E-state index in [1.165, 1.54) is 17.4 Å². The molecule has 0 aliphatic rings. The Hall–Kier alpha value is -2.53. The Morgan fingerprint density at radius 3 is 2.65 bits per heavy atom. The lowest BCUT2D eigenvalue weighted by molar-refractivity contribution is -0.117. The number of benzene rings is 2. The minimum Gasteiger partial charge on any atom is -0.301 e. The molecule has 5 heteroatoms. The molecule has 0 saturated carbocycles. The molecule has 1 atom stereocenters. The Balaban J connectivity index is 1.81. The predicted molar refractivity (Wildman–Crippen MR) is 91.0 cm³/mol. The zero-order valence-corrected chi connectivity index (χ0v) is 13.3. The molecule has 0 aliphatic carbocycles. The smallest absolute Gasteiger partial charge is 0.233 e. The maximum Gasteiger partial charge on any atom is 0.233 e. The van der Waals surface area contributed by atoms with E-state index in [2.05, 4.69) is 10.3 Å². The third-order valence-electron chi connectivity index (χ3n) is 3.63. The van der Waals surface area contributed by atoms with Crippen LogP contribution in [0, 0.1) is 5.82 Å². The maximum atomic E-state index is 14.4. The van der Waals surface area contributed by atoms with Crippen LogP contribution in [0.4, 0.5) is 9.52 Å². The van der Waals surface area contributed by atoms with Gasteiger partial charge in [-0.3, -0.25) is 4.79 Å². The first-order valence-electron chi connectivity index (χ1n) is 7.20. The third kappa shape index (κ3) is 3.46. The molecule has 116 valence electrons. The van der Waals surface area contributed by atoms with Crippen LogP contribution in [0.25, 0.3) is 11.1 Å². The van der Waals surface area contributed by atoms with Crippen LogP contribution < -0.4 is 5.32 Å². The number of anilines is 1. The molecule has 0 aliphatic heterocycles. The normalized spacial score (nSPS) is 11.9. The molecule has 1 aromatic heterocycles. The highest BCUT2D eigenvalue weighted by atomic mass is 32.1. The molecule has 0 spiro atoms. The number of carbonyl (C=O) groups excluding carboxylic acids is 1. The van der Waals surface area contributed by atoms with Crippen LogP contribution in [0.15, 0.2) is 60.1 Å². The van der Waals surface area contributed by atoms with Gasteiger partial charge in [0.1, 0.15) is 5.82 Å². The Morgan fingerprint density at radius 1 is 1.22 bits per heavy atom. The number of nitrogens with one attached hydrogen (secondary N) is 1. The Morgan fingerprint density at radius 2 is 2.00 bits per heavy atom. The summed E-state index contributed by atoms with van der Waals surface area (Å²) in [7, 11) is 0. The highest BCUT2D eigenvalue weighted by Crippen LogP contribution is 2.27. The monoisotopic (exact) mass is 326 g/mol. The summed E-state index contributed by atoms with van der Waals surface area (Å²) in [6.07, 6.45) is 1.62. The van der Waals surface area contributed by atoms with Gasteiger partial charge in [0.2, 0.25) is 5.91 Å². The first kappa shape index (κ1) is 15.4. The predicted octanol–water partition coefficient (Wildman–Crippen LogP) is 4.69. The highest BCUT2D eigenvalue weighted by Gasteiger charge is 2.18. The van der Waals surface area contributed by atoms with Crippen molar-refractivity contribution in [2.45, 2.75) is 12.8 Å². The molecule has 3 rings (SSSR count). The van der Waals surface area contributed by atoms with Crippen LogP contribution in [-0.2, 0) is 4.79 Å². The average Bonchev–Trinajstić information content (AvgIpc) is 3.07. The van der Waals surface area contributed by atoms with Crippen molar-refractivity contribution < 1.29 is 9.18 Å². The molecule has 0 bridgehead atoms. The van der Waals surface area contributed by atoms with E-state index in [9.17, 15) is 9.18 Å². The lowest BCUT2D eigenvalue weighted by atomic mass is 9.96. The van der Waals surface area contributed by atoms with Gasteiger partial charge < -0.3 is 5.32 Å². The molecule has 2 aromatic carbocycles. The quantitative estimate of drug-likeness (QED) is 0.755. The number of nitrogens with zero attached hydrogens (tertiary/aromatic N) is 1. The molecule has 1 amide bonds. The van der Waals surface area contributed by atoms with E-state index in [4.69, 9.17) is 0 Å². The lowest BCUT2D eigenvalue weighted by Crippen LogP contribution is -2.18. The molecule has 0 saturated heterocycles. The number of halogens is 1. The Labute approximate surface area is 137 Å². The summed E-state index contributed by atoms with van der Waals surface area (Å²) in [5.41, 5.74) is 1.98. The van der Waals surface area contributed by atoms with Gasteiger partial charge in [0.05, 0.1) is 5.92 Å². The summed E-state index contributed by atoms with van der Waals surface area (Å²) in [6.45, 7) is 1.75. The third-order valence-corrected chi connectivity index (χ3v) is 4.32. The zero-order chi connectivity index (χ0) is 16.2. The van der Waals surface area contributed by atoms with Crippen LogP contribution in [-0.4, -0.2) is 10.9 Å². The number of thiazole rings is 1. The van der Waals surface area contributed by atoms with Crippen LogP contribution in [0.3, 0.4) is 0 Å². The molecule has 0 radical (unpaired) electrons. The molecule has 3 aromatic rings. The molecule has 0 unspecified atom stereocenters. The zero-order valence-electron chi connectivity index (χ0n) is 12.5. The number of hydrogen-bond acceptors (Lipinski definition) is 3. The molecule has 1 N–H and O–H groups in total. The van der Waals surface area contributed by atoms with Gasteiger partial charge in [-0.2, -0.15) is 0 Å². The fraction of sp³-hybridized carbons (Fsp3) is 0.111. The van der Waals surface area contributed by atoms with Gasteiger partial charge in [0.15, 0.2) is 5.13 Å². The van der Waals surface area contributed by atoms with E-state index >= 15 is 0 Å². The average molecular weight is 326 g/mol. The first-order valence-corrected chi connectivity index (χ1v) is 8.08. The van der Waals surface area contributed by atoms with Crippen molar-refractivity contribution in [2.75, 3.05) is 5.32 Å². The molecular formula is C18H15FN2OS. The SMILES string of the molecule is C[C@H](C(=O)Nc1nccs1)c1ccc(-c2ccccc2)c(F)c1. The Bertz CT molecular complexity index is 803. The van der Waals surface area contributed by atoms with E-state index in [0.717, 1.165) is 5.56 Å². The summed E-state index contributed by atoms with van der Waals surface area (Å²) in [6, 6.07) is 14.3. The summed E-state index contributed by atoms with van der Waals surface area (Å²) in [4.78, 5) is 16.2. The number of carbonyl (C=O) groups is 1. The molecule has 3 nitrogen and oxygen atoms in total. The van der Waals surface area contributed by atoms with E-state index in [1.807, 2.05) is 30.3 Å². The van der Waals surface area contributed by atoms with Gasteiger partial charge in [0, 0.05) is 17.1 Å². The highest BCUT2D eigenvalue weighted by molar-refractivity contribution is 7.13. The second kappa shape index (κ2) is 6.71. The van der Waals surface area contributed by atoms with Crippen LogP contribution in [0.5, 0.6) is 0 Å². The van der Waals surface area contributed by atoms with Gasteiger partial charge in [0.25, 0.3) is 0 Å². The van der Waals surface area contributed by atoms with Crippen molar-refractivity contribution in [1.29, 1.82) is 0 Å². The minimum atomic E-state index is -0.460. The van der Waals surface area contributed by atoms with Gasteiger partial charge in [-0.1, -0.05) is 42.5 Å². The van der Waals surface area contributed by atoms with E-state index in [0.29, 0.717) is 16.3 Å². The molecule has 1 heterocycles. The van der Waals surface area contributed by atoms with Gasteiger partial charge >= 0.3 is 0 Å². The van der Waals surface area contributed by atoms with Crippen molar-refractivity contribution in [3.05, 3.63) is 71.5 Å². The van der Waals surface area contributed by atoms with Crippen LogP contribution in [0.1, 0.15) is 18.4 Å². The second-order valence-corrected chi connectivity index (χ2v) is 6.05. The molecule has 0 fully saturated rings. The van der Waals surface area contributed by atoms with E-state index < -0.39 is 5.92 Å². The number of rotatable bonds is 4. The van der Waals surface area contributed by atoms with Crippen LogP contribution >= 0.6 is 11.3 Å². The van der Waals surface area contributed by atoms with Crippen LogP contribution in [0.2, 0.25) is 0 Å². The van der Waals surface area contributed by atoms with Crippen molar-refractivity contribution in [3.8, 4) is 11.1 Å². The van der Waals surface area contributed by atoms with Gasteiger partial charge in [-0.15, -0.1) is 11.3 Å². The van der Waals surface area contributed by atoms with E-state index in [-0.39, 0.29) is 11.7 Å². The first-order chi connectivity index (χ1) is 11.1. The summed E-state index contributed by atoms with van der Waals surface area (Å²) >= 11 is 1.35. The van der Waals surface area contributed by atoms with E-state index in [1.54, 1.807) is 30.6 Å². The standard InChI is InChI=1S/C18H15FN2OS/c1-12(17(22)21-18-20-9-10-23-18)14-7-8-15(16(19)11-14)13-5-3-2-4-6-13/h2-12H,1H3,(H,20,21,22)/t12-/m0/s1. The lowest BCUT2D eigenvalue weighted by Gasteiger charge is -2.13. The van der Waals surface area contributed by atoms with Crippen molar-refractivity contribution in [1.82, 2.24) is 4.98 Å². The summed E-state index contributed by atoms with van der Waals surface area (Å²) in [5, 5.41) is 5.06. The van der Waals surface area contributed by atoms with Crippen molar-refractivity contribution >= 4 is 22.4 Å². The van der Waals surface area contributed by atoms with Gasteiger partial charge in [-0.05, 0) is 24.1 Å². The molecular weight excluding hydrogens is 311 g/mol. The minimum absolute atomic E-state index is 0.202. The fourth-order valence-electron chi connectivity index (χ4n) is 2.30. The van der Waals surface area contributed by atoms with Gasteiger partial charge in [-0.25, -0.2) is 9.37 Å².